The van der Waals surface area contributed by atoms with E-state index in [9.17, 15) is 9.59 Å². The Kier molecular flexibility index (Phi) is 5.13. The molecule has 2 aromatic heterocycles. The van der Waals surface area contributed by atoms with Crippen LogP contribution in [0.3, 0.4) is 0 Å². The summed E-state index contributed by atoms with van der Waals surface area (Å²) in [5.41, 5.74) is 0.194. The van der Waals surface area contributed by atoms with Gasteiger partial charge in [-0.1, -0.05) is 6.92 Å². The fourth-order valence-electron chi connectivity index (χ4n) is 3.29. The maximum atomic E-state index is 12.7. The van der Waals surface area contributed by atoms with Crippen molar-refractivity contribution in [3.63, 3.8) is 0 Å². The summed E-state index contributed by atoms with van der Waals surface area (Å²) in [6, 6.07) is 0. The highest BCUT2D eigenvalue weighted by Crippen LogP contribution is 2.17. The molecule has 0 N–H and O–H groups in total. The molecule has 0 unspecified atom stereocenters. The van der Waals surface area contributed by atoms with Crippen molar-refractivity contribution in [2.75, 3.05) is 32.7 Å². The highest BCUT2D eigenvalue weighted by molar-refractivity contribution is 5.76. The third-order valence-electron chi connectivity index (χ3n) is 4.93. The SMILES string of the molecule is CCN1CCN(C(=O)CCn2cnc3c(cnn3C(C)(C)C)c2=O)CC1. The van der Waals surface area contributed by atoms with Crippen LogP contribution in [0.4, 0.5) is 0 Å². The Morgan fingerprint density at radius 2 is 1.88 bits per heavy atom. The Morgan fingerprint density at radius 3 is 2.50 bits per heavy atom. The maximum absolute atomic E-state index is 12.7. The van der Waals surface area contributed by atoms with Gasteiger partial charge in [0.2, 0.25) is 5.91 Å². The summed E-state index contributed by atoms with van der Waals surface area (Å²) in [5, 5.41) is 4.81. The van der Waals surface area contributed by atoms with E-state index < -0.39 is 0 Å². The molecule has 1 saturated heterocycles. The van der Waals surface area contributed by atoms with Gasteiger partial charge < -0.3 is 9.80 Å². The molecule has 0 aliphatic carbocycles. The average molecular weight is 360 g/mol. The molecule has 26 heavy (non-hydrogen) atoms. The minimum Gasteiger partial charge on any atom is -0.340 e. The average Bonchev–Trinajstić information content (AvgIpc) is 3.06. The number of piperazine rings is 1. The summed E-state index contributed by atoms with van der Waals surface area (Å²) < 4.78 is 3.27. The molecule has 2 aromatic rings. The van der Waals surface area contributed by atoms with Crippen molar-refractivity contribution >= 4 is 16.9 Å². The van der Waals surface area contributed by atoms with E-state index in [1.807, 2.05) is 25.7 Å². The van der Waals surface area contributed by atoms with Crippen molar-refractivity contribution in [2.45, 2.75) is 46.2 Å². The highest BCUT2D eigenvalue weighted by atomic mass is 16.2. The number of amides is 1. The molecule has 142 valence electrons. The van der Waals surface area contributed by atoms with E-state index in [4.69, 9.17) is 0 Å². The normalized spacial score (nSPS) is 16.4. The van der Waals surface area contributed by atoms with Crippen molar-refractivity contribution in [1.82, 2.24) is 29.1 Å². The van der Waals surface area contributed by atoms with Crippen LogP contribution in [0.5, 0.6) is 0 Å². The number of nitrogens with zero attached hydrogens (tertiary/aromatic N) is 6. The van der Waals surface area contributed by atoms with Crippen LogP contribution in [0, 0.1) is 0 Å². The summed E-state index contributed by atoms with van der Waals surface area (Å²) in [7, 11) is 0. The van der Waals surface area contributed by atoms with Crippen LogP contribution >= 0.6 is 0 Å². The molecule has 8 heteroatoms. The predicted octanol–water partition coefficient (Wildman–Crippen LogP) is 0.902. The second kappa shape index (κ2) is 7.19. The Bertz CT molecular complexity index is 839. The quantitative estimate of drug-likeness (QED) is 0.810. The topological polar surface area (TPSA) is 76.3 Å². The molecule has 1 amide bonds. The number of rotatable bonds is 4. The number of likely N-dealkylation sites (N-methyl/N-ethyl adjacent to an activating group) is 1. The molecule has 3 rings (SSSR count). The summed E-state index contributed by atoms with van der Waals surface area (Å²) in [6.07, 6.45) is 3.40. The molecule has 1 aliphatic heterocycles. The van der Waals surface area contributed by atoms with Crippen LogP contribution in [0.15, 0.2) is 17.3 Å². The Labute approximate surface area is 153 Å². The number of carbonyl (C=O) groups excluding carboxylic acids is 1. The first-order valence-corrected chi connectivity index (χ1v) is 9.25. The Balaban J connectivity index is 1.69. The van der Waals surface area contributed by atoms with Crippen molar-refractivity contribution in [2.24, 2.45) is 0 Å². The van der Waals surface area contributed by atoms with E-state index in [-0.39, 0.29) is 17.0 Å². The summed E-state index contributed by atoms with van der Waals surface area (Å²) in [5.74, 6) is 0.0955. The van der Waals surface area contributed by atoms with E-state index in [0.717, 1.165) is 32.7 Å². The molecule has 0 bridgehead atoms. The van der Waals surface area contributed by atoms with Crippen LogP contribution < -0.4 is 5.56 Å². The Morgan fingerprint density at radius 1 is 1.19 bits per heavy atom. The first kappa shape index (κ1) is 18.6. The molecule has 0 spiro atoms. The monoisotopic (exact) mass is 360 g/mol. The smallest absolute Gasteiger partial charge is 0.264 e. The predicted molar refractivity (Wildman–Crippen MR) is 100 cm³/mol. The fraction of sp³-hybridized carbons (Fsp3) is 0.667. The van der Waals surface area contributed by atoms with Crippen LogP contribution in [-0.2, 0) is 16.9 Å². The third-order valence-corrected chi connectivity index (χ3v) is 4.93. The van der Waals surface area contributed by atoms with Crippen LogP contribution in [-0.4, -0.2) is 67.8 Å². The van der Waals surface area contributed by atoms with Gasteiger partial charge in [-0.25, -0.2) is 9.67 Å². The summed E-state index contributed by atoms with van der Waals surface area (Å²) >= 11 is 0. The largest absolute Gasteiger partial charge is 0.340 e. The second-order valence-corrected chi connectivity index (χ2v) is 7.77. The molecular formula is C18H28N6O2. The first-order valence-electron chi connectivity index (χ1n) is 9.25. The zero-order chi connectivity index (χ0) is 18.9. The van der Waals surface area contributed by atoms with Crippen LogP contribution in [0.1, 0.15) is 34.1 Å². The van der Waals surface area contributed by atoms with Gasteiger partial charge in [0.25, 0.3) is 5.56 Å². The Hall–Kier alpha value is -2.22. The number of carbonyl (C=O) groups is 1. The summed E-state index contributed by atoms with van der Waals surface area (Å²) in [6.45, 7) is 12.9. The van der Waals surface area contributed by atoms with Gasteiger partial charge in [0.05, 0.1) is 18.1 Å². The highest BCUT2D eigenvalue weighted by Gasteiger charge is 2.21. The van der Waals surface area contributed by atoms with Gasteiger partial charge in [-0.15, -0.1) is 0 Å². The lowest BCUT2D eigenvalue weighted by Crippen LogP contribution is -2.48. The zero-order valence-corrected chi connectivity index (χ0v) is 16.1. The van der Waals surface area contributed by atoms with Gasteiger partial charge in [-0.3, -0.25) is 14.2 Å². The van der Waals surface area contributed by atoms with Gasteiger partial charge in [0.15, 0.2) is 5.65 Å². The van der Waals surface area contributed by atoms with Crippen molar-refractivity contribution < 1.29 is 4.79 Å². The zero-order valence-electron chi connectivity index (χ0n) is 16.1. The maximum Gasteiger partial charge on any atom is 0.264 e. The van der Waals surface area contributed by atoms with Gasteiger partial charge in [-0.2, -0.15) is 5.10 Å². The van der Waals surface area contributed by atoms with Gasteiger partial charge in [-0.05, 0) is 27.3 Å². The molecule has 0 radical (unpaired) electrons. The number of aromatic nitrogens is 4. The van der Waals surface area contributed by atoms with Crippen LogP contribution in [0.25, 0.3) is 11.0 Å². The van der Waals surface area contributed by atoms with E-state index in [0.29, 0.717) is 24.0 Å². The lowest BCUT2D eigenvalue weighted by atomic mass is 10.1. The van der Waals surface area contributed by atoms with E-state index >= 15 is 0 Å². The van der Waals surface area contributed by atoms with Crippen molar-refractivity contribution in [1.29, 1.82) is 0 Å². The third kappa shape index (κ3) is 3.65. The first-order chi connectivity index (χ1) is 12.3. The molecular weight excluding hydrogens is 332 g/mol. The van der Waals surface area contributed by atoms with Crippen LogP contribution in [0.2, 0.25) is 0 Å². The molecule has 0 aromatic carbocycles. The van der Waals surface area contributed by atoms with Gasteiger partial charge in [0.1, 0.15) is 5.39 Å². The molecule has 0 saturated carbocycles. The van der Waals surface area contributed by atoms with E-state index in [2.05, 4.69) is 21.9 Å². The lowest BCUT2D eigenvalue weighted by molar-refractivity contribution is -0.133. The van der Waals surface area contributed by atoms with Gasteiger partial charge in [0, 0.05) is 39.1 Å². The number of fused-ring (bicyclic) bond motifs is 1. The molecule has 3 heterocycles. The number of aryl methyl sites for hydroxylation is 1. The van der Waals surface area contributed by atoms with Gasteiger partial charge >= 0.3 is 0 Å². The fourth-order valence-corrected chi connectivity index (χ4v) is 3.29. The van der Waals surface area contributed by atoms with Crippen molar-refractivity contribution in [3.05, 3.63) is 22.9 Å². The number of hydrogen-bond acceptors (Lipinski definition) is 5. The molecule has 0 atom stereocenters. The number of hydrogen-bond donors (Lipinski definition) is 0. The second-order valence-electron chi connectivity index (χ2n) is 7.77. The van der Waals surface area contributed by atoms with E-state index in [1.165, 1.54) is 10.9 Å². The summed E-state index contributed by atoms with van der Waals surface area (Å²) in [4.78, 5) is 33.7. The standard InChI is InChI=1S/C18H28N6O2/c1-5-21-8-10-22(11-9-21)15(25)6-7-23-13-19-16-14(17(23)26)12-20-24(16)18(2,3)4/h12-13H,5-11H2,1-4H3. The van der Waals surface area contributed by atoms with Crippen molar-refractivity contribution in [3.8, 4) is 0 Å². The minimum absolute atomic E-state index is 0.0955. The molecule has 1 fully saturated rings. The van der Waals surface area contributed by atoms with E-state index in [1.54, 1.807) is 10.9 Å². The molecule has 8 nitrogen and oxygen atoms in total. The molecule has 1 aliphatic rings. The minimum atomic E-state index is -0.246. The lowest BCUT2D eigenvalue weighted by Gasteiger charge is -2.34.